The fourth-order valence-corrected chi connectivity index (χ4v) is 2.39. The number of amides is 1. The number of carbonyl (C=O) groups excluding carboxylic acids is 1. The lowest BCUT2D eigenvalue weighted by molar-refractivity contribution is 0.0731. The Balaban J connectivity index is 2.39. The second kappa shape index (κ2) is 7.17. The van der Waals surface area contributed by atoms with Gasteiger partial charge in [0.2, 0.25) is 0 Å². The first-order chi connectivity index (χ1) is 10.6. The van der Waals surface area contributed by atoms with Crippen LogP contribution >= 0.6 is 0 Å². The standard InChI is InChI=1S/C16H20FN3O2/c1-3-15-14(16(22)19(4-2)9-10-21)11-18-20(15)13-7-5-12(17)6-8-13/h5-8,11,21H,3-4,9-10H2,1-2H3. The van der Waals surface area contributed by atoms with Crippen LogP contribution in [-0.2, 0) is 6.42 Å². The predicted molar refractivity (Wildman–Crippen MR) is 81.6 cm³/mol. The molecule has 0 radical (unpaired) electrons. The Morgan fingerprint density at radius 1 is 1.32 bits per heavy atom. The highest BCUT2D eigenvalue weighted by atomic mass is 19.1. The molecule has 1 N–H and O–H groups in total. The van der Waals surface area contributed by atoms with E-state index in [2.05, 4.69) is 5.10 Å². The van der Waals surface area contributed by atoms with Gasteiger partial charge in [-0.3, -0.25) is 4.79 Å². The van der Waals surface area contributed by atoms with E-state index in [1.807, 2.05) is 13.8 Å². The quantitative estimate of drug-likeness (QED) is 0.888. The van der Waals surface area contributed by atoms with E-state index >= 15 is 0 Å². The molecule has 0 saturated carbocycles. The van der Waals surface area contributed by atoms with Crippen molar-refractivity contribution in [1.29, 1.82) is 0 Å². The molecule has 0 fully saturated rings. The van der Waals surface area contributed by atoms with Gasteiger partial charge in [0.25, 0.3) is 5.91 Å². The van der Waals surface area contributed by atoms with Gasteiger partial charge in [-0.2, -0.15) is 5.10 Å². The predicted octanol–water partition coefficient (Wildman–Crippen LogP) is 2.03. The van der Waals surface area contributed by atoms with Crippen molar-refractivity contribution in [3.63, 3.8) is 0 Å². The van der Waals surface area contributed by atoms with Crippen molar-refractivity contribution in [3.05, 3.63) is 47.5 Å². The minimum Gasteiger partial charge on any atom is -0.395 e. The molecule has 1 aromatic carbocycles. The molecular formula is C16H20FN3O2. The van der Waals surface area contributed by atoms with Crippen LogP contribution in [0.5, 0.6) is 0 Å². The Hall–Kier alpha value is -2.21. The van der Waals surface area contributed by atoms with Crippen LogP contribution in [0.15, 0.2) is 30.5 Å². The third-order valence-corrected chi connectivity index (χ3v) is 3.54. The molecule has 0 spiro atoms. The lowest BCUT2D eigenvalue weighted by atomic mass is 10.1. The number of aliphatic hydroxyl groups is 1. The van der Waals surface area contributed by atoms with E-state index in [0.717, 1.165) is 5.69 Å². The topological polar surface area (TPSA) is 58.4 Å². The molecule has 2 aromatic rings. The van der Waals surface area contributed by atoms with E-state index in [1.54, 1.807) is 21.7 Å². The lowest BCUT2D eigenvalue weighted by Crippen LogP contribution is -2.33. The van der Waals surface area contributed by atoms with Gasteiger partial charge >= 0.3 is 0 Å². The molecule has 2 rings (SSSR count). The first-order valence-corrected chi connectivity index (χ1v) is 7.35. The molecular weight excluding hydrogens is 285 g/mol. The van der Waals surface area contributed by atoms with Crippen LogP contribution in [0.1, 0.15) is 29.9 Å². The van der Waals surface area contributed by atoms with Gasteiger partial charge < -0.3 is 10.0 Å². The van der Waals surface area contributed by atoms with Crippen LogP contribution in [0.25, 0.3) is 5.69 Å². The van der Waals surface area contributed by atoms with Crippen molar-refractivity contribution < 1.29 is 14.3 Å². The van der Waals surface area contributed by atoms with E-state index in [9.17, 15) is 9.18 Å². The summed E-state index contributed by atoms with van der Waals surface area (Å²) < 4.78 is 14.7. The minimum atomic E-state index is -0.314. The Kier molecular flexibility index (Phi) is 5.27. The van der Waals surface area contributed by atoms with Crippen molar-refractivity contribution in [1.82, 2.24) is 14.7 Å². The molecule has 1 amide bonds. The number of benzene rings is 1. The van der Waals surface area contributed by atoms with E-state index in [1.165, 1.54) is 18.3 Å². The summed E-state index contributed by atoms with van der Waals surface area (Å²) in [5.74, 6) is -0.466. The number of aliphatic hydroxyl groups excluding tert-OH is 1. The van der Waals surface area contributed by atoms with Crippen LogP contribution in [0.2, 0.25) is 0 Å². The fraction of sp³-hybridized carbons (Fsp3) is 0.375. The van der Waals surface area contributed by atoms with Gasteiger partial charge in [0.1, 0.15) is 5.82 Å². The highest BCUT2D eigenvalue weighted by Crippen LogP contribution is 2.18. The molecule has 6 heteroatoms. The Morgan fingerprint density at radius 2 is 2.00 bits per heavy atom. The zero-order chi connectivity index (χ0) is 16.1. The summed E-state index contributed by atoms with van der Waals surface area (Å²) in [6, 6.07) is 5.98. The van der Waals surface area contributed by atoms with Gasteiger partial charge in [0, 0.05) is 13.1 Å². The van der Waals surface area contributed by atoms with Crippen LogP contribution < -0.4 is 0 Å². The largest absolute Gasteiger partial charge is 0.395 e. The Morgan fingerprint density at radius 3 is 2.55 bits per heavy atom. The first kappa shape index (κ1) is 16.2. The number of likely N-dealkylation sites (N-methyl/N-ethyl adjacent to an activating group) is 1. The summed E-state index contributed by atoms with van der Waals surface area (Å²) in [7, 11) is 0. The summed E-state index contributed by atoms with van der Waals surface area (Å²) >= 11 is 0. The molecule has 0 bridgehead atoms. The van der Waals surface area contributed by atoms with Gasteiger partial charge in [-0.05, 0) is 37.6 Å². The Labute approximate surface area is 129 Å². The second-order valence-corrected chi connectivity index (χ2v) is 4.86. The van der Waals surface area contributed by atoms with Gasteiger partial charge in [0.15, 0.2) is 0 Å². The maximum Gasteiger partial charge on any atom is 0.257 e. The molecule has 5 nitrogen and oxygen atoms in total. The molecule has 0 aliphatic carbocycles. The fourth-order valence-electron chi connectivity index (χ4n) is 2.39. The number of hydrogen-bond acceptors (Lipinski definition) is 3. The molecule has 0 atom stereocenters. The summed E-state index contributed by atoms with van der Waals surface area (Å²) in [6.07, 6.45) is 2.15. The van der Waals surface area contributed by atoms with E-state index < -0.39 is 0 Å². The number of rotatable bonds is 6. The summed E-state index contributed by atoms with van der Waals surface area (Å²) in [5.41, 5.74) is 2.00. The number of nitrogens with zero attached hydrogens (tertiary/aromatic N) is 3. The van der Waals surface area contributed by atoms with Gasteiger partial charge in [-0.1, -0.05) is 6.92 Å². The molecule has 118 valence electrons. The molecule has 1 heterocycles. The molecule has 0 unspecified atom stereocenters. The van der Waals surface area contributed by atoms with Gasteiger partial charge in [0.05, 0.1) is 29.7 Å². The van der Waals surface area contributed by atoms with E-state index in [0.29, 0.717) is 30.8 Å². The number of hydrogen-bond donors (Lipinski definition) is 1. The number of aromatic nitrogens is 2. The summed E-state index contributed by atoms with van der Waals surface area (Å²) in [6.45, 7) is 4.54. The average molecular weight is 305 g/mol. The van der Waals surface area contributed by atoms with Crippen molar-refractivity contribution in [2.45, 2.75) is 20.3 Å². The highest BCUT2D eigenvalue weighted by Gasteiger charge is 2.21. The third kappa shape index (κ3) is 3.17. The van der Waals surface area contributed by atoms with Crippen LogP contribution in [0.3, 0.4) is 0 Å². The van der Waals surface area contributed by atoms with Crippen molar-refractivity contribution in [3.8, 4) is 5.69 Å². The molecule has 0 aliphatic rings. The van der Waals surface area contributed by atoms with E-state index in [-0.39, 0.29) is 18.3 Å². The van der Waals surface area contributed by atoms with Gasteiger partial charge in [-0.15, -0.1) is 0 Å². The molecule has 0 aliphatic heterocycles. The molecule has 1 aromatic heterocycles. The molecule has 0 saturated heterocycles. The number of halogens is 1. The van der Waals surface area contributed by atoms with Crippen LogP contribution in [0, 0.1) is 5.82 Å². The first-order valence-electron chi connectivity index (χ1n) is 7.35. The maximum atomic E-state index is 13.0. The van der Waals surface area contributed by atoms with Crippen molar-refractivity contribution in [2.75, 3.05) is 19.7 Å². The van der Waals surface area contributed by atoms with Gasteiger partial charge in [-0.25, -0.2) is 9.07 Å². The zero-order valence-corrected chi connectivity index (χ0v) is 12.8. The normalized spacial score (nSPS) is 10.7. The van der Waals surface area contributed by atoms with Crippen molar-refractivity contribution in [2.24, 2.45) is 0 Å². The maximum absolute atomic E-state index is 13.0. The van der Waals surface area contributed by atoms with Crippen LogP contribution in [-0.4, -0.2) is 45.4 Å². The number of carbonyl (C=O) groups is 1. The second-order valence-electron chi connectivity index (χ2n) is 4.86. The summed E-state index contributed by atoms with van der Waals surface area (Å²) in [4.78, 5) is 14.1. The Bertz CT molecular complexity index is 637. The lowest BCUT2D eigenvalue weighted by Gasteiger charge is -2.19. The third-order valence-electron chi connectivity index (χ3n) is 3.54. The average Bonchev–Trinajstić information content (AvgIpc) is 2.96. The van der Waals surface area contributed by atoms with Crippen molar-refractivity contribution >= 4 is 5.91 Å². The molecule has 22 heavy (non-hydrogen) atoms. The summed E-state index contributed by atoms with van der Waals surface area (Å²) in [5, 5.41) is 13.3. The highest BCUT2D eigenvalue weighted by molar-refractivity contribution is 5.95. The SMILES string of the molecule is CCc1c(C(=O)N(CC)CCO)cnn1-c1ccc(F)cc1. The minimum absolute atomic E-state index is 0.0763. The smallest absolute Gasteiger partial charge is 0.257 e. The van der Waals surface area contributed by atoms with Crippen LogP contribution in [0.4, 0.5) is 4.39 Å². The zero-order valence-electron chi connectivity index (χ0n) is 12.8. The monoisotopic (exact) mass is 305 g/mol. The van der Waals surface area contributed by atoms with E-state index in [4.69, 9.17) is 5.11 Å².